The molecule has 0 saturated carbocycles. The van der Waals surface area contributed by atoms with Crippen LogP contribution >= 0.6 is 11.6 Å². The molecule has 2 aromatic heterocycles. The van der Waals surface area contributed by atoms with Gasteiger partial charge in [-0.15, -0.1) is 0 Å². The summed E-state index contributed by atoms with van der Waals surface area (Å²) in [4.78, 5) is 27.1. The van der Waals surface area contributed by atoms with Crippen molar-refractivity contribution in [2.75, 3.05) is 0 Å². The van der Waals surface area contributed by atoms with Crippen molar-refractivity contribution in [2.24, 2.45) is 0 Å². The van der Waals surface area contributed by atoms with Crippen LogP contribution in [0.25, 0.3) is 16.9 Å². The first kappa shape index (κ1) is 18.6. The lowest BCUT2D eigenvalue weighted by Crippen LogP contribution is -2.27. The molecule has 0 spiro atoms. The third-order valence-electron chi connectivity index (χ3n) is 3.54. The van der Waals surface area contributed by atoms with Crippen molar-refractivity contribution in [3.8, 4) is 16.9 Å². The van der Waals surface area contributed by atoms with Gasteiger partial charge in [0.15, 0.2) is 0 Å². The number of aromatic carboxylic acids is 1. The summed E-state index contributed by atoms with van der Waals surface area (Å²) in [6.45, 7) is 0. The molecule has 10 heteroatoms. The molecule has 0 fully saturated rings. The molecule has 3 aromatic rings. The minimum atomic E-state index is -4.61. The van der Waals surface area contributed by atoms with E-state index in [0.717, 1.165) is 29.1 Å². The van der Waals surface area contributed by atoms with E-state index in [0.29, 0.717) is 5.02 Å². The molecule has 138 valence electrons. The van der Waals surface area contributed by atoms with Gasteiger partial charge < -0.3 is 5.11 Å². The summed E-state index contributed by atoms with van der Waals surface area (Å²) in [5.74, 6) is -1.50. The molecular formula is C17H9ClF3N3O3. The summed E-state index contributed by atoms with van der Waals surface area (Å²) < 4.78 is 38.8. The summed E-state index contributed by atoms with van der Waals surface area (Å²) in [6.07, 6.45) is -3.71. The SMILES string of the molecule is O=C(O)c1cc(-c2ccc(C(F)(F)F)nc2)nn(-c2cccc(Cl)c2)c1=O. The van der Waals surface area contributed by atoms with Gasteiger partial charge in [-0.1, -0.05) is 17.7 Å². The van der Waals surface area contributed by atoms with E-state index in [4.69, 9.17) is 11.6 Å². The van der Waals surface area contributed by atoms with E-state index < -0.39 is 29.0 Å². The Hall–Kier alpha value is -3.20. The van der Waals surface area contributed by atoms with E-state index in [1.165, 1.54) is 12.1 Å². The standard InChI is InChI=1S/C17H9ClF3N3O3/c18-10-2-1-3-11(6-10)24-15(25)12(16(26)27)7-13(23-24)9-4-5-14(22-8-9)17(19,20)21/h1-8H,(H,26,27). The van der Waals surface area contributed by atoms with Crippen molar-refractivity contribution in [1.82, 2.24) is 14.8 Å². The molecule has 0 saturated heterocycles. The molecule has 3 rings (SSSR count). The fourth-order valence-corrected chi connectivity index (χ4v) is 2.47. The quantitative estimate of drug-likeness (QED) is 0.731. The molecule has 0 radical (unpaired) electrons. The number of carboxylic acid groups (broad SMARTS) is 1. The molecule has 6 nitrogen and oxygen atoms in total. The van der Waals surface area contributed by atoms with Crippen LogP contribution in [0.5, 0.6) is 0 Å². The van der Waals surface area contributed by atoms with Gasteiger partial charge in [-0.05, 0) is 36.4 Å². The maximum atomic E-state index is 12.7. The van der Waals surface area contributed by atoms with Crippen LogP contribution in [0.2, 0.25) is 5.02 Å². The number of alkyl halides is 3. The van der Waals surface area contributed by atoms with Gasteiger partial charge in [-0.25, -0.2) is 4.79 Å². The molecule has 27 heavy (non-hydrogen) atoms. The van der Waals surface area contributed by atoms with Gasteiger partial charge in [0.25, 0.3) is 5.56 Å². The van der Waals surface area contributed by atoms with Gasteiger partial charge in [-0.3, -0.25) is 9.78 Å². The molecule has 1 aromatic carbocycles. The highest BCUT2D eigenvalue weighted by molar-refractivity contribution is 6.30. The average molecular weight is 396 g/mol. The molecule has 0 unspecified atom stereocenters. The summed E-state index contributed by atoms with van der Waals surface area (Å²) in [5, 5.41) is 13.6. The van der Waals surface area contributed by atoms with Crippen LogP contribution in [0.3, 0.4) is 0 Å². The Labute approximate surface area is 154 Å². The third kappa shape index (κ3) is 3.82. The Morgan fingerprint density at radius 3 is 2.44 bits per heavy atom. The van der Waals surface area contributed by atoms with Crippen LogP contribution in [0.15, 0.2) is 53.5 Å². The average Bonchev–Trinajstić information content (AvgIpc) is 2.61. The first-order valence-corrected chi connectivity index (χ1v) is 7.72. The van der Waals surface area contributed by atoms with Crippen LogP contribution in [-0.2, 0) is 6.18 Å². The monoisotopic (exact) mass is 395 g/mol. The lowest BCUT2D eigenvalue weighted by molar-refractivity contribution is -0.141. The lowest BCUT2D eigenvalue weighted by Gasteiger charge is -2.10. The highest BCUT2D eigenvalue weighted by Gasteiger charge is 2.32. The predicted octanol–water partition coefficient (Wildman–Crippen LogP) is 3.66. The van der Waals surface area contributed by atoms with Crippen molar-refractivity contribution in [3.05, 3.63) is 75.3 Å². The van der Waals surface area contributed by atoms with Crippen molar-refractivity contribution < 1.29 is 23.1 Å². The number of halogens is 4. The highest BCUT2D eigenvalue weighted by atomic mass is 35.5. The number of aromatic nitrogens is 3. The van der Waals surface area contributed by atoms with Crippen LogP contribution in [0.4, 0.5) is 13.2 Å². The number of carbonyl (C=O) groups is 1. The van der Waals surface area contributed by atoms with E-state index in [-0.39, 0.29) is 16.9 Å². The van der Waals surface area contributed by atoms with E-state index in [9.17, 15) is 27.9 Å². The van der Waals surface area contributed by atoms with E-state index in [1.807, 2.05) is 0 Å². The van der Waals surface area contributed by atoms with Gasteiger partial charge in [0, 0.05) is 16.8 Å². The maximum absolute atomic E-state index is 12.7. The first-order chi connectivity index (χ1) is 12.7. The van der Waals surface area contributed by atoms with Gasteiger partial charge in [0.1, 0.15) is 11.3 Å². The number of pyridine rings is 1. The molecule has 1 N–H and O–H groups in total. The Balaban J connectivity index is 2.19. The second-order valence-electron chi connectivity index (χ2n) is 5.38. The van der Waals surface area contributed by atoms with E-state index >= 15 is 0 Å². The van der Waals surface area contributed by atoms with Crippen molar-refractivity contribution >= 4 is 17.6 Å². The zero-order valence-corrected chi connectivity index (χ0v) is 14.0. The predicted molar refractivity (Wildman–Crippen MR) is 90.0 cm³/mol. The minimum absolute atomic E-state index is 0.0341. The Morgan fingerprint density at radius 1 is 1.15 bits per heavy atom. The lowest BCUT2D eigenvalue weighted by atomic mass is 10.1. The number of carboxylic acids is 1. The Morgan fingerprint density at radius 2 is 1.89 bits per heavy atom. The van der Waals surface area contributed by atoms with Crippen molar-refractivity contribution in [2.45, 2.75) is 6.18 Å². The summed E-state index contributed by atoms with van der Waals surface area (Å²) in [7, 11) is 0. The number of benzene rings is 1. The maximum Gasteiger partial charge on any atom is 0.433 e. The van der Waals surface area contributed by atoms with Gasteiger partial charge in [0.05, 0.1) is 11.4 Å². The number of hydrogen-bond donors (Lipinski definition) is 1. The van der Waals surface area contributed by atoms with E-state index in [2.05, 4.69) is 10.1 Å². The molecular weight excluding hydrogens is 387 g/mol. The fourth-order valence-electron chi connectivity index (χ4n) is 2.28. The van der Waals surface area contributed by atoms with Crippen LogP contribution in [0, 0.1) is 0 Å². The zero-order valence-electron chi connectivity index (χ0n) is 13.2. The fraction of sp³-hybridized carbons (Fsp3) is 0.0588. The number of rotatable bonds is 3. The summed E-state index contributed by atoms with van der Waals surface area (Å²) in [5.41, 5.74) is -2.33. The zero-order chi connectivity index (χ0) is 19.8. The Kier molecular flexibility index (Phi) is 4.71. The van der Waals surface area contributed by atoms with Crippen molar-refractivity contribution in [1.29, 1.82) is 0 Å². The summed E-state index contributed by atoms with van der Waals surface area (Å²) in [6, 6.07) is 8.80. The van der Waals surface area contributed by atoms with Crippen molar-refractivity contribution in [3.63, 3.8) is 0 Å². The molecule has 2 heterocycles. The molecule has 0 atom stereocenters. The van der Waals surface area contributed by atoms with Crippen LogP contribution in [0.1, 0.15) is 16.1 Å². The van der Waals surface area contributed by atoms with E-state index in [1.54, 1.807) is 12.1 Å². The molecule has 0 bridgehead atoms. The topological polar surface area (TPSA) is 85.1 Å². The number of nitrogens with zero attached hydrogens (tertiary/aromatic N) is 3. The third-order valence-corrected chi connectivity index (χ3v) is 3.78. The smallest absolute Gasteiger partial charge is 0.433 e. The molecule has 0 aliphatic rings. The van der Waals surface area contributed by atoms with Gasteiger partial charge >= 0.3 is 12.1 Å². The minimum Gasteiger partial charge on any atom is -0.477 e. The molecule has 0 amide bonds. The highest BCUT2D eigenvalue weighted by Crippen LogP contribution is 2.28. The molecule has 0 aliphatic heterocycles. The van der Waals surface area contributed by atoms with Gasteiger partial charge in [0.2, 0.25) is 0 Å². The van der Waals surface area contributed by atoms with Crippen LogP contribution in [-0.4, -0.2) is 25.8 Å². The summed E-state index contributed by atoms with van der Waals surface area (Å²) >= 11 is 5.89. The first-order valence-electron chi connectivity index (χ1n) is 7.34. The Bertz CT molecular complexity index is 1080. The largest absolute Gasteiger partial charge is 0.477 e. The number of hydrogen-bond acceptors (Lipinski definition) is 4. The second kappa shape index (κ2) is 6.84. The van der Waals surface area contributed by atoms with Gasteiger partial charge in [-0.2, -0.15) is 23.0 Å². The van der Waals surface area contributed by atoms with Crippen LogP contribution < -0.4 is 5.56 Å². The second-order valence-corrected chi connectivity index (χ2v) is 5.81. The molecule has 0 aliphatic carbocycles. The normalized spacial score (nSPS) is 11.4.